The SMILES string of the molecule is CN=C(NCCc1cc(F)cc2c1OCOC2)N1CCN(c2ncccn2)CC1.I. The predicted octanol–water partition coefficient (Wildman–Crippen LogP) is 2.04. The molecule has 8 nitrogen and oxygen atoms in total. The molecule has 2 aliphatic rings. The van der Waals surface area contributed by atoms with Crippen molar-refractivity contribution in [3.8, 4) is 5.75 Å². The zero-order valence-corrected chi connectivity index (χ0v) is 19.2. The molecule has 0 amide bonds. The summed E-state index contributed by atoms with van der Waals surface area (Å²) in [4.78, 5) is 17.4. The van der Waals surface area contributed by atoms with Gasteiger partial charge in [0.15, 0.2) is 12.8 Å². The number of nitrogens with zero attached hydrogens (tertiary/aromatic N) is 5. The van der Waals surface area contributed by atoms with Crippen molar-refractivity contribution in [1.82, 2.24) is 20.2 Å². The van der Waals surface area contributed by atoms with E-state index in [1.54, 1.807) is 19.4 Å². The minimum atomic E-state index is -0.267. The number of piperazine rings is 1. The summed E-state index contributed by atoms with van der Waals surface area (Å²) in [6, 6.07) is 4.83. The Bertz CT molecular complexity index is 862. The summed E-state index contributed by atoms with van der Waals surface area (Å²) in [6.07, 6.45) is 4.16. The van der Waals surface area contributed by atoms with Crippen LogP contribution in [0.25, 0.3) is 0 Å². The van der Waals surface area contributed by atoms with Crippen LogP contribution in [0.2, 0.25) is 0 Å². The first-order valence-corrected chi connectivity index (χ1v) is 9.74. The lowest BCUT2D eigenvalue weighted by molar-refractivity contribution is -0.0172. The zero-order chi connectivity index (χ0) is 20.1. The van der Waals surface area contributed by atoms with Crippen LogP contribution in [-0.2, 0) is 17.8 Å². The third kappa shape index (κ3) is 5.28. The fraction of sp³-hybridized carbons (Fsp3) is 0.450. The molecule has 0 radical (unpaired) electrons. The van der Waals surface area contributed by atoms with Crippen LogP contribution in [0.3, 0.4) is 0 Å². The van der Waals surface area contributed by atoms with E-state index in [0.717, 1.165) is 55.0 Å². The molecule has 0 atom stereocenters. The number of nitrogens with one attached hydrogen (secondary N) is 1. The Kier molecular flexibility index (Phi) is 8.02. The van der Waals surface area contributed by atoms with E-state index in [1.165, 1.54) is 12.1 Å². The first kappa shape index (κ1) is 22.5. The van der Waals surface area contributed by atoms with E-state index in [9.17, 15) is 4.39 Å². The van der Waals surface area contributed by atoms with E-state index in [2.05, 4.69) is 30.1 Å². The largest absolute Gasteiger partial charge is 0.467 e. The van der Waals surface area contributed by atoms with Crippen LogP contribution in [0.1, 0.15) is 11.1 Å². The number of hydrogen-bond donors (Lipinski definition) is 1. The maximum Gasteiger partial charge on any atom is 0.225 e. The zero-order valence-electron chi connectivity index (χ0n) is 16.9. The van der Waals surface area contributed by atoms with Gasteiger partial charge in [0, 0.05) is 57.7 Å². The fourth-order valence-electron chi connectivity index (χ4n) is 3.66. The molecule has 1 fully saturated rings. The van der Waals surface area contributed by atoms with Crippen LogP contribution in [0.5, 0.6) is 5.75 Å². The summed E-state index contributed by atoms with van der Waals surface area (Å²) in [6.45, 7) is 4.53. The second-order valence-electron chi connectivity index (χ2n) is 6.91. The molecule has 0 unspecified atom stereocenters. The third-order valence-corrected chi connectivity index (χ3v) is 5.06. The highest BCUT2D eigenvalue weighted by Gasteiger charge is 2.21. The highest BCUT2D eigenvalue weighted by Crippen LogP contribution is 2.29. The van der Waals surface area contributed by atoms with Gasteiger partial charge in [0.25, 0.3) is 0 Å². The minimum Gasteiger partial charge on any atom is -0.467 e. The number of rotatable bonds is 4. The first-order valence-electron chi connectivity index (χ1n) is 9.74. The van der Waals surface area contributed by atoms with E-state index in [-0.39, 0.29) is 36.6 Å². The Morgan fingerprint density at radius 1 is 1.20 bits per heavy atom. The Morgan fingerprint density at radius 3 is 2.70 bits per heavy atom. The molecule has 0 aliphatic carbocycles. The molecular formula is C20H26FIN6O2. The van der Waals surface area contributed by atoms with Gasteiger partial charge in [0.2, 0.25) is 5.95 Å². The number of ether oxygens (including phenoxy) is 2. The van der Waals surface area contributed by atoms with Crippen molar-refractivity contribution in [3.63, 3.8) is 0 Å². The van der Waals surface area contributed by atoms with E-state index in [4.69, 9.17) is 9.47 Å². The van der Waals surface area contributed by atoms with E-state index < -0.39 is 0 Å². The lowest BCUT2D eigenvalue weighted by atomic mass is 10.1. The average molecular weight is 528 g/mol. The molecule has 1 aromatic carbocycles. The molecule has 3 heterocycles. The maximum absolute atomic E-state index is 13.9. The summed E-state index contributed by atoms with van der Waals surface area (Å²) in [5, 5.41) is 3.39. The van der Waals surface area contributed by atoms with Crippen molar-refractivity contribution in [2.24, 2.45) is 4.99 Å². The van der Waals surface area contributed by atoms with Crippen LogP contribution in [-0.4, -0.2) is 67.4 Å². The summed E-state index contributed by atoms with van der Waals surface area (Å²) in [7, 11) is 1.78. The Hall–Kier alpha value is -2.21. The molecule has 0 bridgehead atoms. The van der Waals surface area contributed by atoms with Crippen molar-refractivity contribution >= 4 is 35.9 Å². The molecule has 1 N–H and O–H groups in total. The van der Waals surface area contributed by atoms with Gasteiger partial charge in [-0.15, -0.1) is 24.0 Å². The highest BCUT2D eigenvalue weighted by atomic mass is 127. The molecule has 1 aromatic heterocycles. The predicted molar refractivity (Wildman–Crippen MR) is 123 cm³/mol. The number of fused-ring (bicyclic) bond motifs is 1. The molecule has 2 aromatic rings. The molecule has 2 aliphatic heterocycles. The second kappa shape index (κ2) is 10.7. The number of aromatic nitrogens is 2. The van der Waals surface area contributed by atoms with Gasteiger partial charge in [-0.25, -0.2) is 14.4 Å². The molecule has 162 valence electrons. The Balaban J connectivity index is 0.00000256. The monoisotopic (exact) mass is 528 g/mol. The topological polar surface area (TPSA) is 75.1 Å². The Labute approximate surface area is 192 Å². The molecule has 0 saturated carbocycles. The van der Waals surface area contributed by atoms with E-state index >= 15 is 0 Å². The number of anilines is 1. The number of benzene rings is 1. The second-order valence-corrected chi connectivity index (χ2v) is 6.91. The third-order valence-electron chi connectivity index (χ3n) is 5.06. The molecule has 0 spiro atoms. The fourth-order valence-corrected chi connectivity index (χ4v) is 3.66. The normalized spacial score (nSPS) is 16.4. The number of guanidine groups is 1. The van der Waals surface area contributed by atoms with Crippen LogP contribution in [0.4, 0.5) is 10.3 Å². The average Bonchev–Trinajstić information content (AvgIpc) is 2.77. The van der Waals surface area contributed by atoms with Crippen molar-refractivity contribution in [2.75, 3.05) is 51.5 Å². The van der Waals surface area contributed by atoms with Gasteiger partial charge in [-0.05, 0) is 30.2 Å². The lowest BCUT2D eigenvalue weighted by Crippen LogP contribution is -2.53. The van der Waals surface area contributed by atoms with Crippen LogP contribution < -0.4 is 15.0 Å². The van der Waals surface area contributed by atoms with Gasteiger partial charge in [-0.1, -0.05) is 0 Å². The minimum absolute atomic E-state index is 0. The number of aliphatic imine (C=N–C) groups is 1. The summed E-state index contributed by atoms with van der Waals surface area (Å²) < 4.78 is 24.7. The molecule has 4 rings (SSSR count). The standard InChI is InChI=1S/C20H25FN6O2.HI/c1-22-19(26-7-9-27(10-8-26)20-23-4-2-5-24-20)25-6-3-15-11-17(21)12-16-13-28-14-29-18(15)16;/h2,4-5,11-12H,3,6-10,13-14H2,1H3,(H,22,25);1H. The van der Waals surface area contributed by atoms with Crippen LogP contribution in [0.15, 0.2) is 35.6 Å². The van der Waals surface area contributed by atoms with Gasteiger partial charge >= 0.3 is 0 Å². The summed E-state index contributed by atoms with van der Waals surface area (Å²) >= 11 is 0. The number of hydrogen-bond acceptors (Lipinski definition) is 6. The van der Waals surface area contributed by atoms with E-state index in [1.807, 2.05) is 6.07 Å². The quantitative estimate of drug-likeness (QED) is 0.370. The maximum atomic E-state index is 13.9. The van der Waals surface area contributed by atoms with Gasteiger partial charge in [0.1, 0.15) is 11.6 Å². The highest BCUT2D eigenvalue weighted by molar-refractivity contribution is 14.0. The molecular weight excluding hydrogens is 502 g/mol. The summed E-state index contributed by atoms with van der Waals surface area (Å²) in [5.41, 5.74) is 1.60. The van der Waals surface area contributed by atoms with Crippen LogP contribution >= 0.6 is 24.0 Å². The lowest BCUT2D eigenvalue weighted by Gasteiger charge is -2.36. The molecule has 10 heteroatoms. The van der Waals surface area contributed by atoms with Crippen molar-refractivity contribution < 1.29 is 13.9 Å². The van der Waals surface area contributed by atoms with E-state index in [0.29, 0.717) is 19.6 Å². The molecule has 30 heavy (non-hydrogen) atoms. The van der Waals surface area contributed by atoms with Crippen molar-refractivity contribution in [3.05, 3.63) is 47.5 Å². The van der Waals surface area contributed by atoms with Crippen molar-refractivity contribution in [2.45, 2.75) is 13.0 Å². The van der Waals surface area contributed by atoms with Crippen LogP contribution in [0, 0.1) is 5.82 Å². The van der Waals surface area contributed by atoms with Crippen molar-refractivity contribution in [1.29, 1.82) is 0 Å². The van der Waals surface area contributed by atoms with Gasteiger partial charge in [0.05, 0.1) is 6.61 Å². The Morgan fingerprint density at radius 2 is 1.97 bits per heavy atom. The van der Waals surface area contributed by atoms with Gasteiger partial charge < -0.3 is 24.6 Å². The molecule has 1 saturated heterocycles. The smallest absolute Gasteiger partial charge is 0.225 e. The van der Waals surface area contributed by atoms with Gasteiger partial charge in [-0.3, -0.25) is 4.99 Å². The number of halogens is 2. The summed E-state index contributed by atoms with van der Waals surface area (Å²) in [5.74, 6) is 2.07. The first-order chi connectivity index (χ1) is 14.2. The van der Waals surface area contributed by atoms with Gasteiger partial charge in [-0.2, -0.15) is 0 Å².